The van der Waals surface area contributed by atoms with Crippen LogP contribution in [0.5, 0.6) is 5.75 Å². The summed E-state index contributed by atoms with van der Waals surface area (Å²) in [6.45, 7) is 0. The molecule has 0 fully saturated rings. The molecule has 0 aromatic heterocycles. The van der Waals surface area contributed by atoms with Crippen molar-refractivity contribution < 1.29 is 14.2 Å². The fourth-order valence-electron chi connectivity index (χ4n) is 3.24. The Morgan fingerprint density at radius 1 is 1.05 bits per heavy atom. The van der Waals surface area contributed by atoms with Crippen LogP contribution in [0, 0.1) is 5.82 Å². The van der Waals surface area contributed by atoms with E-state index in [4.69, 9.17) is 4.74 Å². The van der Waals surface area contributed by atoms with Crippen LogP contribution in [0.25, 0.3) is 0 Å². The van der Waals surface area contributed by atoms with Gasteiger partial charge in [0.1, 0.15) is 5.60 Å². The van der Waals surface area contributed by atoms with Gasteiger partial charge in [0.2, 0.25) is 0 Å². The average molecular weight is 286 g/mol. The predicted octanol–water partition coefficient (Wildman–Crippen LogP) is 3.80. The van der Waals surface area contributed by atoms with Gasteiger partial charge in [-0.2, -0.15) is 0 Å². The molecule has 0 bridgehead atoms. The van der Waals surface area contributed by atoms with Gasteiger partial charge < -0.3 is 9.84 Å². The minimum atomic E-state index is -1.29. The van der Waals surface area contributed by atoms with Gasteiger partial charge in [-0.15, -0.1) is 0 Å². The van der Waals surface area contributed by atoms with Gasteiger partial charge in [0.05, 0.1) is 7.11 Å². The normalized spacial score (nSPS) is 21.5. The molecule has 3 rings (SSSR count). The van der Waals surface area contributed by atoms with E-state index in [1.165, 1.54) is 7.11 Å². The van der Waals surface area contributed by atoms with Crippen LogP contribution < -0.4 is 4.74 Å². The van der Waals surface area contributed by atoms with Crippen molar-refractivity contribution in [3.63, 3.8) is 0 Å². The Kier molecular flexibility index (Phi) is 3.68. The summed E-state index contributed by atoms with van der Waals surface area (Å²) in [5.74, 6) is -0.304. The number of aliphatic hydroxyl groups is 1. The molecule has 1 unspecified atom stereocenters. The van der Waals surface area contributed by atoms with Crippen LogP contribution in [0.1, 0.15) is 36.0 Å². The minimum Gasteiger partial charge on any atom is -0.494 e. The fourth-order valence-corrected chi connectivity index (χ4v) is 3.24. The summed E-state index contributed by atoms with van der Waals surface area (Å²) < 4.78 is 19.7. The largest absolute Gasteiger partial charge is 0.494 e. The van der Waals surface area contributed by atoms with Crippen molar-refractivity contribution in [1.82, 2.24) is 0 Å². The molecule has 21 heavy (non-hydrogen) atoms. The molecule has 0 amide bonds. The Balaban J connectivity index is 2.20. The molecule has 2 aromatic carbocycles. The van der Waals surface area contributed by atoms with Gasteiger partial charge in [-0.1, -0.05) is 36.4 Å². The highest BCUT2D eigenvalue weighted by Crippen LogP contribution is 2.41. The molecule has 3 heteroatoms. The van der Waals surface area contributed by atoms with Crippen molar-refractivity contribution in [1.29, 1.82) is 0 Å². The number of aryl methyl sites for hydroxylation is 1. The SMILES string of the molecule is COc1cccc(C2(O)CCCCc3ccccc32)c1F. The van der Waals surface area contributed by atoms with Gasteiger partial charge in [0.25, 0.3) is 0 Å². The van der Waals surface area contributed by atoms with Crippen LogP contribution in [-0.4, -0.2) is 12.2 Å². The van der Waals surface area contributed by atoms with E-state index in [1.54, 1.807) is 18.2 Å². The zero-order valence-electron chi connectivity index (χ0n) is 12.1. The first-order valence-electron chi connectivity index (χ1n) is 7.30. The highest BCUT2D eigenvalue weighted by molar-refractivity contribution is 5.45. The molecule has 1 N–H and O–H groups in total. The van der Waals surface area contributed by atoms with E-state index in [0.29, 0.717) is 12.0 Å². The summed E-state index contributed by atoms with van der Waals surface area (Å²) in [6.07, 6.45) is 3.31. The molecule has 1 atom stereocenters. The van der Waals surface area contributed by atoms with Crippen molar-refractivity contribution in [2.75, 3.05) is 7.11 Å². The maximum Gasteiger partial charge on any atom is 0.171 e. The molecular formula is C18H19FO2. The monoisotopic (exact) mass is 286 g/mol. The lowest BCUT2D eigenvalue weighted by molar-refractivity contribution is 0.0660. The lowest BCUT2D eigenvalue weighted by Gasteiger charge is -2.30. The molecule has 0 spiro atoms. The summed E-state index contributed by atoms with van der Waals surface area (Å²) in [7, 11) is 1.44. The highest BCUT2D eigenvalue weighted by Gasteiger charge is 2.37. The molecule has 0 heterocycles. The first kappa shape index (κ1) is 14.1. The Morgan fingerprint density at radius 2 is 1.81 bits per heavy atom. The molecule has 110 valence electrons. The van der Waals surface area contributed by atoms with Gasteiger partial charge in [-0.05, 0) is 42.9 Å². The van der Waals surface area contributed by atoms with E-state index in [0.717, 1.165) is 30.4 Å². The standard InChI is InChI=1S/C18H19FO2/c1-21-16-11-6-10-15(17(16)19)18(20)12-5-4-8-13-7-2-3-9-14(13)18/h2-3,6-7,9-11,20H,4-5,8,12H2,1H3. The van der Waals surface area contributed by atoms with Crippen LogP contribution in [-0.2, 0) is 12.0 Å². The fraction of sp³-hybridized carbons (Fsp3) is 0.333. The van der Waals surface area contributed by atoms with Gasteiger partial charge in [0.15, 0.2) is 11.6 Å². The third-order valence-electron chi connectivity index (χ3n) is 4.33. The molecule has 1 aliphatic carbocycles. The first-order chi connectivity index (χ1) is 10.2. The second-order valence-electron chi connectivity index (χ2n) is 5.55. The summed E-state index contributed by atoms with van der Waals surface area (Å²) >= 11 is 0. The molecule has 2 nitrogen and oxygen atoms in total. The van der Waals surface area contributed by atoms with E-state index < -0.39 is 11.4 Å². The second-order valence-corrected chi connectivity index (χ2v) is 5.55. The quantitative estimate of drug-likeness (QED) is 0.851. The molecule has 0 saturated heterocycles. The minimum absolute atomic E-state index is 0.169. The summed E-state index contributed by atoms with van der Waals surface area (Å²) in [4.78, 5) is 0. The van der Waals surface area contributed by atoms with E-state index in [9.17, 15) is 9.50 Å². The van der Waals surface area contributed by atoms with Crippen molar-refractivity contribution in [3.05, 3.63) is 65.0 Å². The Bertz CT molecular complexity index is 653. The number of hydrogen-bond acceptors (Lipinski definition) is 2. The van der Waals surface area contributed by atoms with Crippen LogP contribution in [0.2, 0.25) is 0 Å². The number of benzene rings is 2. The van der Waals surface area contributed by atoms with E-state index in [1.807, 2.05) is 24.3 Å². The average Bonchev–Trinajstić information content (AvgIpc) is 2.68. The van der Waals surface area contributed by atoms with Crippen LogP contribution in [0.4, 0.5) is 4.39 Å². The van der Waals surface area contributed by atoms with Gasteiger partial charge in [0, 0.05) is 5.56 Å². The summed E-state index contributed by atoms with van der Waals surface area (Å²) in [6, 6.07) is 12.7. The third-order valence-corrected chi connectivity index (χ3v) is 4.33. The lowest BCUT2D eigenvalue weighted by Crippen LogP contribution is -2.29. The number of methoxy groups -OCH3 is 1. The van der Waals surface area contributed by atoms with Gasteiger partial charge in [-0.25, -0.2) is 4.39 Å². The molecule has 0 saturated carbocycles. The summed E-state index contributed by atoms with van der Waals surface area (Å²) in [5, 5.41) is 11.3. The predicted molar refractivity (Wildman–Crippen MR) is 79.9 cm³/mol. The van der Waals surface area contributed by atoms with Crippen molar-refractivity contribution >= 4 is 0 Å². The molecule has 0 radical (unpaired) electrons. The van der Waals surface area contributed by atoms with Crippen molar-refractivity contribution in [2.45, 2.75) is 31.3 Å². The molecule has 2 aromatic rings. The Hall–Kier alpha value is -1.87. The Labute approximate surface area is 124 Å². The molecular weight excluding hydrogens is 267 g/mol. The maximum absolute atomic E-state index is 14.6. The van der Waals surface area contributed by atoms with E-state index >= 15 is 0 Å². The second kappa shape index (κ2) is 5.49. The number of hydrogen-bond donors (Lipinski definition) is 1. The number of rotatable bonds is 2. The number of fused-ring (bicyclic) bond motifs is 1. The first-order valence-corrected chi connectivity index (χ1v) is 7.30. The van der Waals surface area contributed by atoms with Gasteiger partial charge in [-0.3, -0.25) is 0 Å². The van der Waals surface area contributed by atoms with Crippen LogP contribution >= 0.6 is 0 Å². The molecule has 1 aliphatic rings. The third kappa shape index (κ3) is 2.32. The van der Waals surface area contributed by atoms with E-state index in [-0.39, 0.29) is 5.75 Å². The number of halogens is 1. The van der Waals surface area contributed by atoms with E-state index in [2.05, 4.69) is 0 Å². The summed E-state index contributed by atoms with van der Waals surface area (Å²) in [5.41, 5.74) is 0.927. The zero-order valence-corrected chi connectivity index (χ0v) is 12.1. The number of ether oxygens (including phenoxy) is 1. The van der Waals surface area contributed by atoms with Crippen molar-refractivity contribution in [3.8, 4) is 5.75 Å². The zero-order chi connectivity index (χ0) is 14.9. The van der Waals surface area contributed by atoms with Gasteiger partial charge >= 0.3 is 0 Å². The topological polar surface area (TPSA) is 29.5 Å². The van der Waals surface area contributed by atoms with Crippen molar-refractivity contribution in [2.24, 2.45) is 0 Å². The van der Waals surface area contributed by atoms with Crippen LogP contribution in [0.15, 0.2) is 42.5 Å². The Morgan fingerprint density at radius 3 is 2.62 bits per heavy atom. The smallest absolute Gasteiger partial charge is 0.171 e. The maximum atomic E-state index is 14.6. The molecule has 0 aliphatic heterocycles. The lowest BCUT2D eigenvalue weighted by atomic mass is 9.81. The van der Waals surface area contributed by atoms with Crippen LogP contribution in [0.3, 0.4) is 0 Å². The highest BCUT2D eigenvalue weighted by atomic mass is 19.1.